The Kier molecular flexibility index (Phi) is 5.07. The highest BCUT2D eigenvalue weighted by Crippen LogP contribution is 2.14. The number of hydrogen-bond acceptors (Lipinski definition) is 4. The van der Waals surface area contributed by atoms with Gasteiger partial charge in [-0.3, -0.25) is 4.79 Å². The second-order valence-corrected chi connectivity index (χ2v) is 5.00. The number of rotatable bonds is 6. The van der Waals surface area contributed by atoms with E-state index in [1.165, 1.54) is 0 Å². The van der Waals surface area contributed by atoms with Crippen LogP contribution >= 0.6 is 0 Å². The van der Waals surface area contributed by atoms with Crippen molar-refractivity contribution in [3.8, 4) is 0 Å². The Bertz CT molecular complexity index is 419. The standard InChI is InChI=1S/C13H21N3O2/c1-8(2)11-6-10(4)15-13(16-11)14-7-9(3)5-12(17)18/h6,8-9H,5,7H2,1-4H3,(H,17,18)(H,14,15,16). The zero-order valence-corrected chi connectivity index (χ0v) is 11.4. The van der Waals surface area contributed by atoms with Gasteiger partial charge in [-0.05, 0) is 24.8 Å². The lowest BCUT2D eigenvalue weighted by Gasteiger charge is -2.12. The fourth-order valence-electron chi connectivity index (χ4n) is 1.60. The molecule has 5 heteroatoms. The van der Waals surface area contributed by atoms with Gasteiger partial charge in [0.2, 0.25) is 5.95 Å². The minimum atomic E-state index is -0.780. The molecule has 0 aliphatic rings. The van der Waals surface area contributed by atoms with Crippen LogP contribution in [0.2, 0.25) is 0 Å². The van der Waals surface area contributed by atoms with E-state index >= 15 is 0 Å². The van der Waals surface area contributed by atoms with E-state index in [2.05, 4.69) is 29.1 Å². The van der Waals surface area contributed by atoms with Gasteiger partial charge in [0, 0.05) is 24.4 Å². The molecule has 1 aromatic rings. The molecule has 0 spiro atoms. The van der Waals surface area contributed by atoms with Crippen LogP contribution in [0.15, 0.2) is 6.07 Å². The third-order valence-electron chi connectivity index (χ3n) is 2.60. The molecule has 0 aliphatic heterocycles. The first-order valence-corrected chi connectivity index (χ1v) is 6.19. The molecule has 18 heavy (non-hydrogen) atoms. The zero-order chi connectivity index (χ0) is 13.7. The van der Waals surface area contributed by atoms with Crippen molar-refractivity contribution < 1.29 is 9.90 Å². The number of carboxylic acid groups (broad SMARTS) is 1. The molecule has 2 N–H and O–H groups in total. The summed E-state index contributed by atoms with van der Waals surface area (Å²) in [6, 6.07) is 1.97. The normalized spacial score (nSPS) is 12.5. The monoisotopic (exact) mass is 251 g/mol. The third kappa shape index (κ3) is 4.69. The molecule has 1 heterocycles. The molecule has 5 nitrogen and oxygen atoms in total. The number of aliphatic carboxylic acids is 1. The lowest BCUT2D eigenvalue weighted by molar-refractivity contribution is -0.137. The minimum Gasteiger partial charge on any atom is -0.481 e. The van der Waals surface area contributed by atoms with Crippen molar-refractivity contribution in [1.82, 2.24) is 9.97 Å². The molecule has 0 saturated heterocycles. The number of nitrogens with zero attached hydrogens (tertiary/aromatic N) is 2. The van der Waals surface area contributed by atoms with Gasteiger partial charge < -0.3 is 10.4 Å². The van der Waals surface area contributed by atoms with Crippen LogP contribution in [0.3, 0.4) is 0 Å². The third-order valence-corrected chi connectivity index (χ3v) is 2.60. The molecule has 0 saturated carbocycles. The Morgan fingerprint density at radius 1 is 1.39 bits per heavy atom. The molecule has 0 radical (unpaired) electrons. The first-order chi connectivity index (χ1) is 8.38. The van der Waals surface area contributed by atoms with E-state index in [1.54, 1.807) is 0 Å². The summed E-state index contributed by atoms with van der Waals surface area (Å²) < 4.78 is 0. The molecule has 0 amide bonds. The van der Waals surface area contributed by atoms with E-state index < -0.39 is 5.97 Å². The van der Waals surface area contributed by atoms with Gasteiger partial charge in [0.05, 0.1) is 0 Å². The van der Waals surface area contributed by atoms with Crippen molar-refractivity contribution >= 4 is 11.9 Å². The molecule has 1 aromatic heterocycles. The summed E-state index contributed by atoms with van der Waals surface area (Å²) in [5, 5.41) is 11.8. The van der Waals surface area contributed by atoms with Crippen molar-refractivity contribution in [2.24, 2.45) is 5.92 Å². The van der Waals surface area contributed by atoms with E-state index in [-0.39, 0.29) is 12.3 Å². The van der Waals surface area contributed by atoms with Crippen LogP contribution in [0.5, 0.6) is 0 Å². The summed E-state index contributed by atoms with van der Waals surface area (Å²) in [5.74, 6) is 0.200. The lowest BCUT2D eigenvalue weighted by Crippen LogP contribution is -2.17. The van der Waals surface area contributed by atoms with E-state index in [0.29, 0.717) is 18.4 Å². The van der Waals surface area contributed by atoms with Crippen molar-refractivity contribution in [1.29, 1.82) is 0 Å². The highest BCUT2D eigenvalue weighted by Gasteiger charge is 2.09. The Hall–Kier alpha value is -1.65. The number of carbonyl (C=O) groups is 1. The number of hydrogen-bond donors (Lipinski definition) is 2. The maximum absolute atomic E-state index is 10.6. The average molecular weight is 251 g/mol. The van der Waals surface area contributed by atoms with Crippen molar-refractivity contribution in [2.45, 2.75) is 40.0 Å². The molecular formula is C13H21N3O2. The zero-order valence-electron chi connectivity index (χ0n) is 11.4. The fraction of sp³-hybridized carbons (Fsp3) is 0.615. The summed E-state index contributed by atoms with van der Waals surface area (Å²) >= 11 is 0. The van der Waals surface area contributed by atoms with Gasteiger partial charge >= 0.3 is 5.97 Å². The Balaban J connectivity index is 2.64. The first-order valence-electron chi connectivity index (χ1n) is 6.19. The minimum absolute atomic E-state index is 0.0501. The van der Waals surface area contributed by atoms with Gasteiger partial charge in [-0.2, -0.15) is 0 Å². The lowest BCUT2D eigenvalue weighted by atomic mass is 10.1. The van der Waals surface area contributed by atoms with Crippen LogP contribution in [-0.4, -0.2) is 27.6 Å². The molecule has 0 aromatic carbocycles. The second-order valence-electron chi connectivity index (χ2n) is 5.00. The molecule has 0 bridgehead atoms. The SMILES string of the molecule is Cc1cc(C(C)C)nc(NCC(C)CC(=O)O)n1. The quantitative estimate of drug-likeness (QED) is 0.812. The van der Waals surface area contributed by atoms with Crippen molar-refractivity contribution in [3.63, 3.8) is 0 Å². The van der Waals surface area contributed by atoms with Gasteiger partial charge in [-0.15, -0.1) is 0 Å². The van der Waals surface area contributed by atoms with Gasteiger partial charge in [-0.1, -0.05) is 20.8 Å². The predicted molar refractivity (Wildman–Crippen MR) is 70.8 cm³/mol. The van der Waals surface area contributed by atoms with E-state index in [0.717, 1.165) is 11.4 Å². The fourth-order valence-corrected chi connectivity index (χ4v) is 1.60. The Morgan fingerprint density at radius 2 is 2.06 bits per heavy atom. The van der Waals surface area contributed by atoms with Crippen molar-refractivity contribution in [2.75, 3.05) is 11.9 Å². The van der Waals surface area contributed by atoms with Crippen LogP contribution in [0.25, 0.3) is 0 Å². The summed E-state index contributed by atoms with van der Waals surface area (Å²) in [7, 11) is 0. The maximum Gasteiger partial charge on any atom is 0.303 e. The second kappa shape index (κ2) is 6.33. The van der Waals surface area contributed by atoms with E-state index in [9.17, 15) is 4.79 Å². The van der Waals surface area contributed by atoms with Crippen LogP contribution in [-0.2, 0) is 4.79 Å². The number of anilines is 1. The van der Waals surface area contributed by atoms with Crippen LogP contribution in [0.4, 0.5) is 5.95 Å². The smallest absolute Gasteiger partial charge is 0.303 e. The summed E-state index contributed by atoms with van der Waals surface area (Å²) in [5.41, 5.74) is 1.91. The van der Waals surface area contributed by atoms with Gasteiger partial charge in [-0.25, -0.2) is 9.97 Å². The molecule has 1 rings (SSSR count). The Morgan fingerprint density at radius 3 is 2.61 bits per heavy atom. The highest BCUT2D eigenvalue weighted by molar-refractivity contribution is 5.67. The Labute approximate surface area is 108 Å². The summed E-state index contributed by atoms with van der Waals surface area (Å²) in [6.07, 6.45) is 0.149. The molecular weight excluding hydrogens is 230 g/mol. The van der Waals surface area contributed by atoms with E-state index in [1.807, 2.05) is 19.9 Å². The van der Waals surface area contributed by atoms with Gasteiger partial charge in [0.15, 0.2) is 0 Å². The molecule has 1 atom stereocenters. The van der Waals surface area contributed by atoms with Crippen LogP contribution in [0.1, 0.15) is 44.5 Å². The number of carboxylic acids is 1. The van der Waals surface area contributed by atoms with Crippen LogP contribution in [0, 0.1) is 12.8 Å². The predicted octanol–water partition coefficient (Wildman–Crippen LogP) is 2.43. The maximum atomic E-state index is 10.6. The van der Waals surface area contributed by atoms with Crippen molar-refractivity contribution in [3.05, 3.63) is 17.5 Å². The van der Waals surface area contributed by atoms with Gasteiger partial charge in [0.25, 0.3) is 0 Å². The number of nitrogens with one attached hydrogen (secondary N) is 1. The summed E-state index contributed by atoms with van der Waals surface area (Å²) in [4.78, 5) is 19.3. The van der Waals surface area contributed by atoms with E-state index in [4.69, 9.17) is 5.11 Å². The first kappa shape index (κ1) is 14.4. The molecule has 1 unspecified atom stereocenters. The molecule has 0 fully saturated rings. The van der Waals surface area contributed by atoms with Gasteiger partial charge in [0.1, 0.15) is 0 Å². The number of aromatic nitrogens is 2. The topological polar surface area (TPSA) is 75.1 Å². The average Bonchev–Trinajstić information content (AvgIpc) is 2.24. The largest absolute Gasteiger partial charge is 0.481 e. The highest BCUT2D eigenvalue weighted by atomic mass is 16.4. The molecule has 100 valence electrons. The number of aryl methyl sites for hydroxylation is 1. The van der Waals surface area contributed by atoms with Crippen LogP contribution < -0.4 is 5.32 Å². The summed E-state index contributed by atoms with van der Waals surface area (Å²) in [6.45, 7) is 8.55. The molecule has 0 aliphatic carbocycles.